The van der Waals surface area contributed by atoms with Gasteiger partial charge >= 0.3 is 0 Å². The first-order valence-electron chi connectivity index (χ1n) is 16.5. The van der Waals surface area contributed by atoms with Crippen molar-refractivity contribution in [3.8, 4) is 0 Å². The van der Waals surface area contributed by atoms with E-state index in [2.05, 4.69) is 126 Å². The fourth-order valence-corrected chi connectivity index (χ4v) is 10.6. The van der Waals surface area contributed by atoms with Gasteiger partial charge in [-0.05, 0) is 130 Å². The molecule has 1 aliphatic heterocycles. The number of benzene rings is 1. The van der Waals surface area contributed by atoms with Crippen molar-refractivity contribution < 1.29 is 36.3 Å². The maximum atomic E-state index is 7.48. The van der Waals surface area contributed by atoms with Gasteiger partial charge < -0.3 is 36.3 Å². The number of ether oxygens (including phenoxy) is 3. The minimum Gasteiger partial charge on any atom is -0.415 e. The van der Waals surface area contributed by atoms with E-state index in [-0.39, 0.29) is 6.61 Å². The van der Waals surface area contributed by atoms with Crippen LogP contribution in [0.3, 0.4) is 0 Å². The van der Waals surface area contributed by atoms with Gasteiger partial charge in [-0.15, -0.1) is 0 Å². The number of hydrogen-bond acceptors (Lipinski definition) is 8. The fourth-order valence-electron chi connectivity index (χ4n) is 5.15. The van der Waals surface area contributed by atoms with Gasteiger partial charge in [-0.25, -0.2) is 0 Å². The van der Waals surface area contributed by atoms with Crippen molar-refractivity contribution in [1.82, 2.24) is 0 Å². The second-order valence-electron chi connectivity index (χ2n) is 17.7. The van der Waals surface area contributed by atoms with E-state index in [1.807, 2.05) is 19.9 Å². The normalized spacial score (nSPS) is 25.6. The molecule has 5 unspecified atom stereocenters. The average Bonchev–Trinajstić information content (AvgIpc) is 2.82. The van der Waals surface area contributed by atoms with Gasteiger partial charge in [-0.3, -0.25) is 0 Å². The summed E-state index contributed by atoms with van der Waals surface area (Å²) in [5.74, 6) is -2.12. The van der Waals surface area contributed by atoms with Crippen LogP contribution in [0.4, 0.5) is 0 Å². The van der Waals surface area contributed by atoms with Crippen molar-refractivity contribution in [2.24, 2.45) is 0 Å². The molecule has 0 saturated carbocycles. The summed E-state index contributed by atoms with van der Waals surface area (Å²) in [5, 5.41) is 0. The van der Waals surface area contributed by atoms with Crippen molar-refractivity contribution in [3.05, 3.63) is 33.8 Å². The van der Waals surface area contributed by atoms with Gasteiger partial charge in [0.05, 0.1) is 13.2 Å². The van der Waals surface area contributed by atoms with E-state index in [9.17, 15) is 0 Å². The van der Waals surface area contributed by atoms with Gasteiger partial charge in [-0.1, -0.05) is 22.0 Å². The van der Waals surface area contributed by atoms with Crippen molar-refractivity contribution in [2.75, 3.05) is 13.7 Å². The summed E-state index contributed by atoms with van der Waals surface area (Å²) in [6.45, 7) is 37.6. The molecular weight excluding hydrogens is 733 g/mol. The SMILES string of the molecule is COC(C)(C)OCc1ccc(Br)cc1C1(O[Si](C)(C)C)OC(CO[Si](C)(C)C)C(O[Si](C)(C)C)C(O[Si](C)(C)C)C1O[Si](C)(C)C. The fraction of sp³-hybridized carbons (Fsp3) is 0.812. The second-order valence-corrected chi connectivity index (χ2v) is 40.9. The minimum atomic E-state index is -2.35. The van der Waals surface area contributed by atoms with E-state index in [1.165, 1.54) is 0 Å². The molecule has 46 heavy (non-hydrogen) atoms. The van der Waals surface area contributed by atoms with E-state index < -0.39 is 77.6 Å². The third kappa shape index (κ3) is 13.6. The zero-order valence-corrected chi connectivity index (χ0v) is 38.7. The molecular formula is C32H65BrO8Si5. The first-order valence-corrected chi connectivity index (χ1v) is 34.3. The Bertz CT molecular complexity index is 1140. The van der Waals surface area contributed by atoms with Crippen molar-refractivity contribution in [2.45, 2.75) is 155 Å². The van der Waals surface area contributed by atoms with Crippen LogP contribution < -0.4 is 0 Å². The van der Waals surface area contributed by atoms with Crippen LogP contribution in [-0.2, 0) is 48.7 Å². The van der Waals surface area contributed by atoms with Gasteiger partial charge in [-0.2, -0.15) is 0 Å². The molecule has 14 heteroatoms. The van der Waals surface area contributed by atoms with Crippen LogP contribution in [0.5, 0.6) is 0 Å². The third-order valence-electron chi connectivity index (χ3n) is 6.80. The summed E-state index contributed by atoms with van der Waals surface area (Å²) < 4.78 is 56.0. The van der Waals surface area contributed by atoms with E-state index in [0.29, 0.717) is 6.61 Å². The molecule has 5 atom stereocenters. The summed E-state index contributed by atoms with van der Waals surface area (Å²) in [4.78, 5) is 0. The maximum absolute atomic E-state index is 7.48. The summed E-state index contributed by atoms with van der Waals surface area (Å²) in [7, 11) is -9.15. The van der Waals surface area contributed by atoms with Crippen LogP contribution in [0.15, 0.2) is 22.7 Å². The maximum Gasteiger partial charge on any atom is 0.215 e. The predicted octanol–water partition coefficient (Wildman–Crippen LogP) is 9.26. The zero-order valence-electron chi connectivity index (χ0n) is 32.1. The Hall–Kier alpha value is 0.464. The standard InChI is InChI=1S/C32H65BrO8Si5/c1-31(2,34-3)35-22-24-19-20-25(33)21-26(24)32(41-46(16,17)18)30(40-45(13,14)15)29(39-44(10,11)12)28(38-43(7,8)9)27(37-32)23-36-42(4,5)6/h19-21,27-30H,22-23H2,1-18H3. The van der Waals surface area contributed by atoms with Gasteiger partial charge in [0.15, 0.2) is 47.4 Å². The third-order valence-corrected chi connectivity index (χ3v) is 12.2. The highest BCUT2D eigenvalue weighted by Gasteiger charge is 2.62. The Morgan fingerprint density at radius 1 is 0.739 bits per heavy atom. The molecule has 8 nitrogen and oxygen atoms in total. The summed E-state index contributed by atoms with van der Waals surface area (Å²) in [5.41, 5.74) is 1.78. The van der Waals surface area contributed by atoms with E-state index in [1.54, 1.807) is 7.11 Å². The number of halogens is 1. The predicted molar refractivity (Wildman–Crippen MR) is 205 cm³/mol. The Balaban J connectivity index is 3.07. The smallest absolute Gasteiger partial charge is 0.215 e. The van der Waals surface area contributed by atoms with Gasteiger partial charge in [0.25, 0.3) is 0 Å². The van der Waals surface area contributed by atoms with Crippen LogP contribution in [0, 0.1) is 0 Å². The Labute approximate surface area is 294 Å². The van der Waals surface area contributed by atoms with Crippen LogP contribution in [-0.4, -0.2) is 85.5 Å². The highest BCUT2D eigenvalue weighted by Crippen LogP contribution is 2.48. The molecule has 0 N–H and O–H groups in total. The first-order chi connectivity index (χ1) is 20.5. The largest absolute Gasteiger partial charge is 0.415 e. The molecule has 0 aromatic heterocycles. The molecule has 1 heterocycles. The lowest BCUT2D eigenvalue weighted by atomic mass is 9.86. The van der Waals surface area contributed by atoms with Crippen molar-refractivity contribution >= 4 is 57.5 Å². The Morgan fingerprint density at radius 3 is 1.72 bits per heavy atom. The topological polar surface area (TPSA) is 73.8 Å². The highest BCUT2D eigenvalue weighted by molar-refractivity contribution is 9.10. The molecule has 0 spiro atoms. The molecule has 0 amide bonds. The van der Waals surface area contributed by atoms with Crippen LogP contribution >= 0.6 is 15.9 Å². The Kier molecular flexibility index (Phi) is 14.2. The Morgan fingerprint density at radius 2 is 1.26 bits per heavy atom. The molecule has 0 radical (unpaired) electrons. The van der Waals surface area contributed by atoms with Crippen LogP contribution in [0.25, 0.3) is 0 Å². The molecule has 268 valence electrons. The first kappa shape index (κ1) is 42.6. The average molecular weight is 798 g/mol. The lowest BCUT2D eigenvalue weighted by Crippen LogP contribution is -2.71. The van der Waals surface area contributed by atoms with Crippen molar-refractivity contribution in [3.63, 3.8) is 0 Å². The van der Waals surface area contributed by atoms with Crippen molar-refractivity contribution in [1.29, 1.82) is 0 Å². The molecule has 0 bridgehead atoms. The number of hydrogen-bond donors (Lipinski definition) is 0. The highest BCUT2D eigenvalue weighted by atomic mass is 79.9. The molecule has 0 aliphatic carbocycles. The zero-order chi connectivity index (χ0) is 35.7. The quantitative estimate of drug-likeness (QED) is 0.121. The molecule has 1 saturated heterocycles. The molecule has 2 rings (SSSR count). The minimum absolute atomic E-state index is 0.285. The van der Waals surface area contributed by atoms with Gasteiger partial charge in [0, 0.05) is 17.1 Å². The van der Waals surface area contributed by atoms with Crippen LogP contribution in [0.2, 0.25) is 98.2 Å². The summed E-state index contributed by atoms with van der Waals surface area (Å²) in [6, 6.07) is 6.20. The van der Waals surface area contributed by atoms with Gasteiger partial charge in [0.2, 0.25) is 5.79 Å². The van der Waals surface area contributed by atoms with Gasteiger partial charge in [0.1, 0.15) is 24.4 Å². The molecule has 1 fully saturated rings. The lowest BCUT2D eigenvalue weighted by Gasteiger charge is -2.57. The number of methoxy groups -OCH3 is 1. The van der Waals surface area contributed by atoms with E-state index >= 15 is 0 Å². The monoisotopic (exact) mass is 796 g/mol. The lowest BCUT2D eigenvalue weighted by molar-refractivity contribution is -0.340. The summed E-state index contributed by atoms with van der Waals surface area (Å²) >= 11 is 3.78. The van der Waals surface area contributed by atoms with E-state index in [4.69, 9.17) is 36.3 Å². The second kappa shape index (κ2) is 15.4. The molecule has 1 aromatic carbocycles. The number of rotatable bonds is 16. The van der Waals surface area contributed by atoms with Crippen LogP contribution in [0.1, 0.15) is 25.0 Å². The summed E-state index contributed by atoms with van der Waals surface area (Å²) in [6.07, 6.45) is -1.96. The van der Waals surface area contributed by atoms with E-state index in [0.717, 1.165) is 15.6 Å². The molecule has 1 aliphatic rings. The molecule has 1 aromatic rings.